The minimum atomic E-state index is 0. The van der Waals surface area contributed by atoms with Crippen molar-refractivity contribution in [2.45, 2.75) is 78.6 Å². The second-order valence-corrected chi connectivity index (χ2v) is 3.62. The molecule has 0 aromatic heterocycles. The molecule has 0 aromatic carbocycles. The Labute approximate surface area is 124 Å². The zero-order valence-corrected chi connectivity index (χ0v) is 14.8. The average molecular weight is 334 g/mol. The van der Waals surface area contributed by atoms with Crippen LogP contribution in [0.4, 0.5) is 0 Å². The van der Waals surface area contributed by atoms with Gasteiger partial charge in [-0.25, -0.2) is 0 Å². The fraction of sp³-hybridized carbons (Fsp3) is 0.800. The molecule has 99 valence electrons. The molecule has 0 amide bonds. The Balaban J connectivity index is -0.0000000400. The van der Waals surface area contributed by atoms with E-state index in [9.17, 15) is 0 Å². The normalized spacial score (nSPS) is 7.88. The van der Waals surface area contributed by atoms with Gasteiger partial charge in [-0.05, 0) is 0 Å². The van der Waals surface area contributed by atoms with Gasteiger partial charge < -0.3 is 0 Å². The van der Waals surface area contributed by atoms with Gasteiger partial charge in [-0.3, -0.25) is 0 Å². The molecule has 0 saturated carbocycles. The number of rotatable bonds is 6. The number of unbranched alkanes of at least 4 members (excludes halogenated alkanes) is 6. The topological polar surface area (TPSA) is 0 Å². The van der Waals surface area contributed by atoms with E-state index in [1.165, 1.54) is 38.5 Å². The van der Waals surface area contributed by atoms with E-state index >= 15 is 0 Å². The van der Waals surface area contributed by atoms with Crippen LogP contribution in [-0.2, 0) is 0 Å². The summed E-state index contributed by atoms with van der Waals surface area (Å²) in [5, 5.41) is 0. The van der Waals surface area contributed by atoms with Crippen LogP contribution in [0.15, 0.2) is 0 Å². The Hall–Kier alpha value is 0.799. The monoisotopic (exact) mass is 335 g/mol. The van der Waals surface area contributed by atoms with Gasteiger partial charge in [-0.15, -0.1) is 0 Å². The molecule has 0 atom stereocenters. The summed E-state index contributed by atoms with van der Waals surface area (Å²) in [5.74, 6) is 0. The van der Waals surface area contributed by atoms with Crippen molar-refractivity contribution in [3.8, 4) is 0 Å². The van der Waals surface area contributed by atoms with Crippen LogP contribution in [0.5, 0.6) is 0 Å². The fourth-order valence-corrected chi connectivity index (χ4v) is 0.750. The summed E-state index contributed by atoms with van der Waals surface area (Å²) in [5.41, 5.74) is 0. The van der Waals surface area contributed by atoms with Crippen molar-refractivity contribution in [1.29, 1.82) is 0 Å². The van der Waals surface area contributed by atoms with Crippen LogP contribution >= 0.6 is 0 Å². The third kappa shape index (κ3) is 61.0. The molecule has 0 heterocycles. The quantitative estimate of drug-likeness (QED) is 0.531. The number of hydrogen-bond donors (Lipinski definition) is 0. The predicted octanol–water partition coefficient (Wildman–Crippen LogP) is 5.90. The molecule has 0 nitrogen and oxygen atoms in total. The molecular weight excluding hydrogens is 299 g/mol. The molecule has 0 unspecified atom stereocenters. The van der Waals surface area contributed by atoms with Crippen LogP contribution in [-0.4, -0.2) is 23.9 Å². The smallest absolute Gasteiger partial charge is 0 e. The minimum Gasteiger partial charge on any atom is -0.0654 e. The third-order valence-corrected chi connectivity index (χ3v) is 1.81. The van der Waals surface area contributed by atoms with Gasteiger partial charge in [0.15, 0.2) is 0 Å². The number of hydrogen-bond acceptors (Lipinski definition) is 0. The van der Waals surface area contributed by atoms with Crippen LogP contribution in [0.2, 0.25) is 0 Å². The molecule has 0 saturated heterocycles. The van der Waals surface area contributed by atoms with E-state index in [0.717, 1.165) is 19.3 Å². The Morgan fingerprint density at radius 1 is 0.625 bits per heavy atom. The molecule has 7 radical (unpaired) electrons. The summed E-state index contributed by atoms with van der Waals surface area (Å²) < 4.78 is 0. The van der Waals surface area contributed by atoms with Crippen molar-refractivity contribution in [2.24, 2.45) is 0 Å². The van der Waals surface area contributed by atoms with Crippen LogP contribution < -0.4 is 0 Å². The van der Waals surface area contributed by atoms with Crippen molar-refractivity contribution in [2.75, 3.05) is 0 Å². The summed E-state index contributed by atoms with van der Waals surface area (Å²) in [6, 6.07) is 0. The third-order valence-electron chi connectivity index (χ3n) is 1.81. The van der Waals surface area contributed by atoms with Crippen LogP contribution in [0.3, 0.4) is 0 Å². The van der Waals surface area contributed by atoms with Crippen molar-refractivity contribution in [1.82, 2.24) is 0 Å². The van der Waals surface area contributed by atoms with Crippen LogP contribution in [0.1, 0.15) is 80.0 Å². The van der Waals surface area contributed by atoms with Gasteiger partial charge >= 0.3 is 0 Å². The first-order chi connectivity index (χ1) is 7.24. The van der Waals surface area contributed by atoms with Crippen molar-refractivity contribution >= 4 is 23.9 Å². The minimum absolute atomic E-state index is 0. The molecule has 1 heteroatoms. The van der Waals surface area contributed by atoms with E-state index in [0.29, 0.717) is 0 Å². The van der Waals surface area contributed by atoms with Gasteiger partial charge in [0, 0.05) is 25.3 Å². The van der Waals surface area contributed by atoms with E-state index in [-0.39, 0.29) is 25.3 Å². The van der Waals surface area contributed by atoms with Gasteiger partial charge in [0.2, 0.25) is 0 Å². The van der Waals surface area contributed by atoms with Crippen LogP contribution in [0, 0.1) is 20.8 Å². The maximum Gasteiger partial charge on any atom is 0 e. The molecule has 0 aliphatic carbocycles. The zero-order chi connectivity index (χ0) is 12.4. The molecular formula is C15H35Sn. The fourth-order valence-electron chi connectivity index (χ4n) is 0.750. The summed E-state index contributed by atoms with van der Waals surface area (Å²) in [6.07, 6.45) is 11.0. The van der Waals surface area contributed by atoms with Gasteiger partial charge in [0.25, 0.3) is 0 Å². The first kappa shape index (κ1) is 25.6. The molecule has 0 bridgehead atoms. The van der Waals surface area contributed by atoms with E-state index in [1.807, 2.05) is 0 Å². The van der Waals surface area contributed by atoms with E-state index in [4.69, 9.17) is 0 Å². The second-order valence-electron chi connectivity index (χ2n) is 3.62. The van der Waals surface area contributed by atoms with Gasteiger partial charge in [-0.2, -0.15) is 0 Å². The van der Waals surface area contributed by atoms with Crippen LogP contribution in [0.25, 0.3) is 0 Å². The maximum absolute atomic E-state index is 3.68. The molecule has 0 aliphatic rings. The molecule has 0 fully saturated rings. The molecule has 0 spiro atoms. The second kappa shape index (κ2) is 36.0. The van der Waals surface area contributed by atoms with Crippen molar-refractivity contribution in [3.05, 3.63) is 20.8 Å². The predicted molar refractivity (Wildman–Crippen MR) is 82.5 cm³/mol. The Morgan fingerprint density at radius 2 is 0.812 bits per heavy atom. The standard InChI is InChI=1S/3C5H11.Sn.H2/c3*1-3-5-4-2;;/h3*1,3-5H2,2H3;;1H. The van der Waals surface area contributed by atoms with Gasteiger partial charge in [0.1, 0.15) is 0 Å². The Kier molecular flexibility index (Phi) is 57.6. The first-order valence-corrected chi connectivity index (χ1v) is 6.62. The molecule has 0 aromatic rings. The molecule has 0 N–H and O–H groups in total. The van der Waals surface area contributed by atoms with Gasteiger partial charge in [-0.1, -0.05) is 99.3 Å². The largest absolute Gasteiger partial charge is 0.0654 e. The maximum atomic E-state index is 3.68. The van der Waals surface area contributed by atoms with Crippen molar-refractivity contribution in [3.63, 3.8) is 0 Å². The Morgan fingerprint density at radius 3 is 0.812 bits per heavy atom. The Bertz CT molecular complexity index is 47.7. The molecule has 16 heavy (non-hydrogen) atoms. The zero-order valence-electron chi connectivity index (χ0n) is 12.0. The summed E-state index contributed by atoms with van der Waals surface area (Å²) in [4.78, 5) is 0. The first-order valence-electron chi connectivity index (χ1n) is 6.62. The summed E-state index contributed by atoms with van der Waals surface area (Å²) in [7, 11) is 0. The van der Waals surface area contributed by atoms with Crippen molar-refractivity contribution < 1.29 is 1.43 Å². The summed E-state index contributed by atoms with van der Waals surface area (Å²) >= 11 is 0. The van der Waals surface area contributed by atoms with Gasteiger partial charge in [0.05, 0.1) is 0 Å². The molecule has 0 rings (SSSR count). The SMILES string of the molecule is [CH2]CCCC.[CH2]CCCC.[CH2]CCCC.[HH].[Sn]. The average Bonchev–Trinajstić information content (AvgIpc) is 2.23. The van der Waals surface area contributed by atoms with E-state index in [2.05, 4.69) is 41.5 Å². The summed E-state index contributed by atoms with van der Waals surface area (Å²) in [6.45, 7) is 17.5. The van der Waals surface area contributed by atoms with E-state index < -0.39 is 0 Å². The van der Waals surface area contributed by atoms with E-state index in [1.54, 1.807) is 0 Å². The molecule has 0 aliphatic heterocycles.